The van der Waals surface area contributed by atoms with Crippen LogP contribution >= 0.6 is 0 Å². The molecular formula is C22H20F2N10O. The Balaban J connectivity index is 1.28. The van der Waals surface area contributed by atoms with Crippen LogP contribution in [0.4, 0.5) is 19.5 Å². The number of amides is 2. The fraction of sp³-hybridized carbons (Fsp3) is 0.318. The van der Waals surface area contributed by atoms with E-state index < -0.39 is 17.7 Å². The molecule has 1 atom stereocenters. The fourth-order valence-corrected chi connectivity index (χ4v) is 4.17. The van der Waals surface area contributed by atoms with Gasteiger partial charge in [-0.25, -0.2) is 28.6 Å². The van der Waals surface area contributed by atoms with Crippen molar-refractivity contribution in [1.29, 1.82) is 5.26 Å². The van der Waals surface area contributed by atoms with E-state index in [9.17, 15) is 13.6 Å². The van der Waals surface area contributed by atoms with Gasteiger partial charge in [-0.15, -0.1) is 0 Å². The van der Waals surface area contributed by atoms with Gasteiger partial charge in [0.05, 0.1) is 29.6 Å². The molecule has 0 saturated carbocycles. The predicted molar refractivity (Wildman–Crippen MR) is 120 cm³/mol. The van der Waals surface area contributed by atoms with Crippen LogP contribution in [-0.2, 0) is 0 Å². The standard InChI is InChI=1S/C22H20F2N10O/c1-13-19(30-31-29-13)20-17(24)12-26-21(28-20)32-4-6-33(7-5-32)22(35)34-18(2-3-27-34)15-8-14(11-25)9-16(23)10-15/h3,8-10,12,18H,2,4-7H2,1H3,(H,29,30,31)/t18-/m0/s1. The third-order valence-electron chi connectivity index (χ3n) is 5.97. The number of nitrogens with zero attached hydrogens (tertiary/aromatic N) is 9. The molecule has 2 aliphatic heterocycles. The molecule has 1 saturated heterocycles. The zero-order valence-corrected chi connectivity index (χ0v) is 18.7. The van der Waals surface area contributed by atoms with E-state index in [1.165, 1.54) is 11.1 Å². The summed E-state index contributed by atoms with van der Waals surface area (Å²) in [6, 6.07) is 5.17. The highest BCUT2D eigenvalue weighted by atomic mass is 19.1. The number of aromatic amines is 1. The number of hydrogen-bond acceptors (Lipinski definition) is 8. The van der Waals surface area contributed by atoms with Crippen LogP contribution in [0.5, 0.6) is 0 Å². The van der Waals surface area contributed by atoms with E-state index >= 15 is 0 Å². The summed E-state index contributed by atoms with van der Waals surface area (Å²) < 4.78 is 28.3. The number of hydrogen-bond donors (Lipinski definition) is 1. The van der Waals surface area contributed by atoms with Gasteiger partial charge >= 0.3 is 6.03 Å². The van der Waals surface area contributed by atoms with Gasteiger partial charge in [-0.05, 0) is 30.7 Å². The van der Waals surface area contributed by atoms with E-state index in [2.05, 4.69) is 30.5 Å². The second-order valence-electron chi connectivity index (χ2n) is 8.16. The number of rotatable bonds is 3. The number of nitriles is 1. The number of anilines is 1. The maximum atomic E-state index is 14.3. The summed E-state index contributed by atoms with van der Waals surface area (Å²) in [5, 5.41) is 25.0. The van der Waals surface area contributed by atoms with Gasteiger partial charge < -0.3 is 9.80 Å². The molecule has 11 nitrogen and oxygen atoms in total. The van der Waals surface area contributed by atoms with Crippen LogP contribution in [0.1, 0.15) is 29.3 Å². The lowest BCUT2D eigenvalue weighted by atomic mass is 10.0. The average Bonchev–Trinajstić information content (AvgIpc) is 3.53. The lowest BCUT2D eigenvalue weighted by Gasteiger charge is -2.37. The van der Waals surface area contributed by atoms with E-state index in [0.717, 1.165) is 12.3 Å². The van der Waals surface area contributed by atoms with Crippen LogP contribution in [-0.4, -0.2) is 73.7 Å². The van der Waals surface area contributed by atoms with Crippen molar-refractivity contribution in [3.63, 3.8) is 0 Å². The number of H-pyrrole nitrogens is 1. The number of carbonyl (C=O) groups excluding carboxylic acids is 1. The third-order valence-corrected chi connectivity index (χ3v) is 5.97. The Morgan fingerprint density at radius 2 is 1.94 bits per heavy atom. The molecular weight excluding hydrogens is 458 g/mol. The van der Waals surface area contributed by atoms with Crippen LogP contribution in [0.3, 0.4) is 0 Å². The smallest absolute Gasteiger partial charge is 0.337 e. The van der Waals surface area contributed by atoms with Crippen LogP contribution in [0, 0.1) is 29.9 Å². The average molecular weight is 478 g/mol. The molecule has 0 radical (unpaired) electrons. The molecule has 0 aliphatic carbocycles. The molecule has 2 amide bonds. The minimum atomic E-state index is -0.602. The Morgan fingerprint density at radius 3 is 2.66 bits per heavy atom. The van der Waals surface area contributed by atoms with Crippen molar-refractivity contribution in [1.82, 2.24) is 35.3 Å². The number of benzene rings is 1. The number of hydrazone groups is 1. The predicted octanol–water partition coefficient (Wildman–Crippen LogP) is 2.39. The monoisotopic (exact) mass is 478 g/mol. The maximum Gasteiger partial charge on any atom is 0.341 e. The molecule has 0 unspecified atom stereocenters. The largest absolute Gasteiger partial charge is 0.341 e. The highest BCUT2D eigenvalue weighted by molar-refractivity contribution is 5.79. The molecule has 2 aromatic heterocycles. The number of carbonyl (C=O) groups is 1. The van der Waals surface area contributed by atoms with E-state index in [-0.39, 0.29) is 17.3 Å². The zero-order valence-electron chi connectivity index (χ0n) is 18.7. The lowest BCUT2D eigenvalue weighted by molar-refractivity contribution is 0.139. The second-order valence-corrected chi connectivity index (χ2v) is 8.16. The number of urea groups is 1. The fourth-order valence-electron chi connectivity index (χ4n) is 4.17. The quantitative estimate of drug-likeness (QED) is 0.612. The highest BCUT2D eigenvalue weighted by Gasteiger charge is 2.34. The first-order chi connectivity index (χ1) is 16.9. The number of piperazine rings is 1. The maximum absolute atomic E-state index is 14.3. The van der Waals surface area contributed by atoms with Crippen molar-refractivity contribution >= 4 is 18.2 Å². The van der Waals surface area contributed by atoms with Crippen LogP contribution in [0.2, 0.25) is 0 Å². The summed E-state index contributed by atoms with van der Waals surface area (Å²) in [5.74, 6) is -0.808. The second kappa shape index (κ2) is 9.05. The van der Waals surface area contributed by atoms with Gasteiger partial charge in [0.2, 0.25) is 5.95 Å². The number of nitrogens with one attached hydrogen (secondary N) is 1. The summed E-state index contributed by atoms with van der Waals surface area (Å²) in [6.07, 6.45) is 3.13. The van der Waals surface area contributed by atoms with Crippen LogP contribution < -0.4 is 4.90 Å². The van der Waals surface area contributed by atoms with Gasteiger partial charge in [-0.1, -0.05) is 0 Å². The van der Waals surface area contributed by atoms with Crippen molar-refractivity contribution in [3.8, 4) is 17.5 Å². The molecule has 2 aliphatic rings. The van der Waals surface area contributed by atoms with E-state index in [0.29, 0.717) is 55.5 Å². The summed E-state index contributed by atoms with van der Waals surface area (Å²) in [4.78, 5) is 25.2. The van der Waals surface area contributed by atoms with E-state index in [1.54, 1.807) is 24.1 Å². The molecule has 5 rings (SSSR count). The Bertz CT molecular complexity index is 1340. The van der Waals surface area contributed by atoms with Gasteiger partial charge in [0.1, 0.15) is 17.2 Å². The molecule has 4 heterocycles. The van der Waals surface area contributed by atoms with Crippen molar-refractivity contribution in [3.05, 3.63) is 52.9 Å². The Kier molecular flexibility index (Phi) is 5.77. The first-order valence-corrected chi connectivity index (χ1v) is 10.9. The molecule has 1 N–H and O–H groups in total. The van der Waals surface area contributed by atoms with Gasteiger partial charge in [0.15, 0.2) is 5.82 Å². The number of aryl methyl sites for hydroxylation is 1. The molecule has 1 aromatic carbocycles. The van der Waals surface area contributed by atoms with Crippen LogP contribution in [0.25, 0.3) is 11.4 Å². The molecule has 3 aromatic rings. The summed E-state index contributed by atoms with van der Waals surface area (Å²) in [6.45, 7) is 3.28. The molecule has 13 heteroatoms. The highest BCUT2D eigenvalue weighted by Crippen LogP contribution is 2.31. The Morgan fingerprint density at radius 1 is 1.14 bits per heavy atom. The van der Waals surface area contributed by atoms with E-state index in [4.69, 9.17) is 5.26 Å². The molecule has 0 bridgehead atoms. The summed E-state index contributed by atoms with van der Waals surface area (Å²) in [5.41, 5.74) is 1.59. The molecule has 0 spiro atoms. The van der Waals surface area contributed by atoms with Gasteiger partial charge in [-0.2, -0.15) is 25.8 Å². The first kappa shape index (κ1) is 22.3. The van der Waals surface area contributed by atoms with Crippen LogP contribution in [0.15, 0.2) is 29.5 Å². The van der Waals surface area contributed by atoms with Crippen molar-refractivity contribution < 1.29 is 13.6 Å². The van der Waals surface area contributed by atoms with Gasteiger partial charge in [0, 0.05) is 38.8 Å². The molecule has 35 heavy (non-hydrogen) atoms. The molecule has 1 fully saturated rings. The third kappa shape index (κ3) is 4.25. The summed E-state index contributed by atoms with van der Waals surface area (Å²) >= 11 is 0. The van der Waals surface area contributed by atoms with Crippen molar-refractivity contribution in [2.45, 2.75) is 19.4 Å². The number of halogens is 2. The zero-order chi connectivity index (χ0) is 24.5. The molecule has 178 valence electrons. The Labute approximate surface area is 198 Å². The summed E-state index contributed by atoms with van der Waals surface area (Å²) in [7, 11) is 0. The SMILES string of the molecule is Cc1n[nH]nc1-c1nc(N2CCN(C(=O)N3N=CC[C@H]3c3cc(F)cc(C#N)c3)CC2)ncc1F. The Hall–Kier alpha value is -4.47. The first-order valence-electron chi connectivity index (χ1n) is 10.9. The van der Waals surface area contributed by atoms with Gasteiger partial charge in [0.25, 0.3) is 0 Å². The van der Waals surface area contributed by atoms with E-state index in [1.807, 2.05) is 11.0 Å². The minimum absolute atomic E-state index is 0.0563. The lowest BCUT2D eigenvalue weighted by Crippen LogP contribution is -2.52. The normalized spacial score (nSPS) is 17.7. The topological polar surface area (TPSA) is 130 Å². The van der Waals surface area contributed by atoms with Crippen molar-refractivity contribution in [2.24, 2.45) is 5.10 Å². The van der Waals surface area contributed by atoms with Crippen molar-refractivity contribution in [2.75, 3.05) is 31.1 Å². The van der Waals surface area contributed by atoms with Gasteiger partial charge in [-0.3, -0.25) is 0 Å². The number of aromatic nitrogens is 5. The minimum Gasteiger partial charge on any atom is -0.337 e.